The van der Waals surface area contributed by atoms with E-state index >= 15 is 0 Å². The molecule has 0 aromatic carbocycles. The molecule has 0 amide bonds. The van der Waals surface area contributed by atoms with Crippen LogP contribution in [-0.2, 0) is 9.53 Å². The van der Waals surface area contributed by atoms with Gasteiger partial charge in [0.2, 0.25) is 5.76 Å². The van der Waals surface area contributed by atoms with E-state index in [2.05, 4.69) is 0 Å². The third kappa shape index (κ3) is 1.52. The fourth-order valence-electron chi connectivity index (χ4n) is 1.82. The Labute approximate surface area is 83.5 Å². The molecule has 0 bridgehead atoms. The monoisotopic (exact) mass is 222 g/mol. The number of hydrogen-bond donors (Lipinski definition) is 1. The van der Waals surface area contributed by atoms with Crippen LogP contribution in [0.4, 0.5) is 13.2 Å². The second-order valence-electron chi connectivity index (χ2n) is 4.00. The van der Waals surface area contributed by atoms with E-state index in [0.29, 0.717) is 6.42 Å². The summed E-state index contributed by atoms with van der Waals surface area (Å²) in [5, 5.41) is 8.88. The van der Waals surface area contributed by atoms with Gasteiger partial charge in [0.1, 0.15) is 11.7 Å². The molecule has 6 heteroatoms. The first-order valence-electron chi connectivity index (χ1n) is 4.47. The fraction of sp³-hybridized carbons (Fsp3) is 0.667. The molecule has 84 valence electrons. The van der Waals surface area contributed by atoms with E-state index in [4.69, 9.17) is 9.84 Å². The average molecular weight is 222 g/mol. The Morgan fingerprint density at radius 1 is 1.60 bits per heavy atom. The highest BCUT2D eigenvalue weighted by Crippen LogP contribution is 2.48. The van der Waals surface area contributed by atoms with Crippen molar-refractivity contribution in [2.24, 2.45) is 0 Å². The number of rotatable bonds is 0. The summed E-state index contributed by atoms with van der Waals surface area (Å²) in [4.78, 5) is 11.4. The second-order valence-corrected chi connectivity index (χ2v) is 4.00. The number of carbonyl (C=O) groups excluding carboxylic acids is 1. The molecule has 2 rings (SSSR count). The smallest absolute Gasteiger partial charge is 0.449 e. The maximum atomic E-state index is 12.1. The third-order valence-corrected chi connectivity index (χ3v) is 2.85. The Balaban J connectivity index is 2.29. The van der Waals surface area contributed by atoms with Crippen LogP contribution in [0.3, 0.4) is 0 Å². The van der Waals surface area contributed by atoms with Gasteiger partial charge in [0.25, 0.3) is 0 Å². The topological polar surface area (TPSA) is 49.8 Å². The predicted molar refractivity (Wildman–Crippen MR) is 43.2 cm³/mol. The maximum absolute atomic E-state index is 12.1. The Hall–Kier alpha value is -1.04. The van der Waals surface area contributed by atoms with Crippen LogP contribution in [-0.4, -0.2) is 28.8 Å². The third-order valence-electron chi connectivity index (χ3n) is 2.85. The highest BCUT2D eigenvalue weighted by Gasteiger charge is 2.61. The number of allylic oxidation sites excluding steroid dienone is 1. The quantitative estimate of drug-likeness (QED) is 0.386. The zero-order valence-corrected chi connectivity index (χ0v) is 7.89. The molecule has 0 aromatic heterocycles. The van der Waals surface area contributed by atoms with Crippen LogP contribution >= 0.6 is 0 Å². The highest BCUT2D eigenvalue weighted by molar-refractivity contribution is 6.03. The fourth-order valence-corrected chi connectivity index (χ4v) is 1.82. The van der Waals surface area contributed by atoms with Crippen molar-refractivity contribution >= 4 is 5.78 Å². The molecule has 1 saturated carbocycles. The van der Waals surface area contributed by atoms with E-state index in [0.717, 1.165) is 0 Å². The minimum atomic E-state index is -4.85. The summed E-state index contributed by atoms with van der Waals surface area (Å²) in [7, 11) is 0. The lowest BCUT2D eigenvalue weighted by molar-refractivity contribution is -0.128. The Kier molecular flexibility index (Phi) is 1.92. The Morgan fingerprint density at radius 3 is 2.73 bits per heavy atom. The SMILES string of the molecule is CC12CC/C(=C(/O)C(F)(F)F)C(=O)C1O2. The number of aliphatic hydroxyl groups is 1. The molecule has 15 heavy (non-hydrogen) atoms. The van der Waals surface area contributed by atoms with Crippen molar-refractivity contribution in [3.63, 3.8) is 0 Å². The van der Waals surface area contributed by atoms with E-state index in [1.807, 2.05) is 0 Å². The van der Waals surface area contributed by atoms with Gasteiger partial charge in [0, 0.05) is 5.57 Å². The van der Waals surface area contributed by atoms with E-state index in [-0.39, 0.29) is 6.42 Å². The van der Waals surface area contributed by atoms with Crippen molar-refractivity contribution < 1.29 is 27.8 Å². The van der Waals surface area contributed by atoms with Crippen molar-refractivity contribution in [2.45, 2.75) is 37.6 Å². The van der Waals surface area contributed by atoms with Crippen LogP contribution in [0.15, 0.2) is 11.3 Å². The van der Waals surface area contributed by atoms with Crippen molar-refractivity contribution in [1.29, 1.82) is 0 Å². The molecule has 0 aromatic rings. The van der Waals surface area contributed by atoms with Gasteiger partial charge >= 0.3 is 6.18 Å². The van der Waals surface area contributed by atoms with E-state index in [1.54, 1.807) is 6.92 Å². The van der Waals surface area contributed by atoms with Gasteiger partial charge in [-0.1, -0.05) is 0 Å². The van der Waals surface area contributed by atoms with Crippen LogP contribution in [0.2, 0.25) is 0 Å². The molecule has 1 N–H and O–H groups in total. The average Bonchev–Trinajstić information content (AvgIpc) is 2.77. The summed E-state index contributed by atoms with van der Waals surface area (Å²) >= 11 is 0. The van der Waals surface area contributed by atoms with Gasteiger partial charge in [0.05, 0.1) is 0 Å². The molecule has 2 aliphatic rings. The van der Waals surface area contributed by atoms with Crippen LogP contribution in [0.1, 0.15) is 19.8 Å². The molecular weight excluding hydrogens is 213 g/mol. The van der Waals surface area contributed by atoms with Crippen molar-refractivity contribution in [1.82, 2.24) is 0 Å². The van der Waals surface area contributed by atoms with Crippen LogP contribution in [0.25, 0.3) is 0 Å². The zero-order valence-electron chi connectivity index (χ0n) is 7.89. The number of ketones is 1. The van der Waals surface area contributed by atoms with Gasteiger partial charge < -0.3 is 9.84 Å². The lowest BCUT2D eigenvalue weighted by Crippen LogP contribution is -2.29. The van der Waals surface area contributed by atoms with Crippen LogP contribution in [0.5, 0.6) is 0 Å². The second kappa shape index (κ2) is 2.75. The standard InChI is InChI=1S/C9H9F3O3/c1-8-3-2-4(5(13)7(8)15-8)6(14)9(10,11)12/h7,14H,2-3H2,1H3/b6-4-. The molecule has 2 unspecified atom stereocenters. The summed E-state index contributed by atoms with van der Waals surface area (Å²) in [6, 6.07) is 0. The van der Waals surface area contributed by atoms with Gasteiger partial charge in [-0.05, 0) is 19.8 Å². The first-order chi connectivity index (χ1) is 6.76. The summed E-state index contributed by atoms with van der Waals surface area (Å²) in [5.74, 6) is -2.51. The largest absolute Gasteiger partial charge is 0.504 e. The van der Waals surface area contributed by atoms with E-state index in [9.17, 15) is 18.0 Å². The van der Waals surface area contributed by atoms with Gasteiger partial charge in [-0.25, -0.2) is 0 Å². The maximum Gasteiger partial charge on any atom is 0.449 e. The molecule has 3 nitrogen and oxygen atoms in total. The molecule has 1 aliphatic heterocycles. The van der Waals surface area contributed by atoms with Crippen LogP contribution in [0, 0.1) is 0 Å². The molecule has 2 atom stereocenters. The molecule has 1 aliphatic carbocycles. The number of hydrogen-bond acceptors (Lipinski definition) is 3. The summed E-state index contributed by atoms with van der Waals surface area (Å²) in [6.45, 7) is 1.68. The lowest BCUT2D eigenvalue weighted by atomic mass is 9.85. The lowest BCUT2D eigenvalue weighted by Gasteiger charge is -2.17. The zero-order chi connectivity index (χ0) is 11.4. The molecule has 0 spiro atoms. The number of fused-ring (bicyclic) bond motifs is 1. The van der Waals surface area contributed by atoms with E-state index < -0.39 is 35.0 Å². The first kappa shape index (κ1) is 10.5. The molecular formula is C9H9F3O3. The Morgan fingerprint density at radius 2 is 2.20 bits per heavy atom. The molecule has 1 saturated heterocycles. The minimum Gasteiger partial charge on any atom is -0.504 e. The van der Waals surface area contributed by atoms with Crippen molar-refractivity contribution in [2.75, 3.05) is 0 Å². The normalized spacial score (nSPS) is 38.7. The number of carbonyl (C=O) groups is 1. The highest BCUT2D eigenvalue weighted by atomic mass is 19.4. The summed E-state index contributed by atoms with van der Waals surface area (Å²) in [5.41, 5.74) is -1.16. The number of halogens is 3. The molecule has 0 radical (unpaired) electrons. The van der Waals surface area contributed by atoms with Crippen LogP contribution < -0.4 is 0 Å². The number of ether oxygens (including phenoxy) is 1. The first-order valence-corrected chi connectivity index (χ1v) is 4.47. The summed E-state index contributed by atoms with van der Waals surface area (Å²) < 4.78 is 41.4. The summed E-state index contributed by atoms with van der Waals surface area (Å²) in [6.07, 6.45) is -5.41. The van der Waals surface area contributed by atoms with Gasteiger partial charge in [-0.2, -0.15) is 13.2 Å². The number of epoxide rings is 1. The molecule has 2 fully saturated rings. The van der Waals surface area contributed by atoms with Gasteiger partial charge in [-0.15, -0.1) is 0 Å². The number of Topliss-reactive ketones (excluding diaryl/α,β-unsaturated/α-hetero) is 1. The number of aliphatic hydroxyl groups excluding tert-OH is 1. The Bertz CT molecular complexity index is 358. The minimum absolute atomic E-state index is 0.0861. The molecule has 1 heterocycles. The van der Waals surface area contributed by atoms with Crippen molar-refractivity contribution in [3.8, 4) is 0 Å². The van der Waals surface area contributed by atoms with Gasteiger partial charge in [-0.3, -0.25) is 4.79 Å². The number of alkyl halides is 3. The predicted octanol–water partition coefficient (Wildman–Crippen LogP) is 1.88. The van der Waals surface area contributed by atoms with E-state index in [1.165, 1.54) is 0 Å². The van der Waals surface area contributed by atoms with Crippen molar-refractivity contribution in [3.05, 3.63) is 11.3 Å². The van der Waals surface area contributed by atoms with Gasteiger partial charge in [0.15, 0.2) is 5.78 Å².